The van der Waals surface area contributed by atoms with E-state index >= 15 is 0 Å². The smallest absolute Gasteiger partial charge is 0.270 e. The molecule has 200 valence electrons. The fourth-order valence-corrected chi connectivity index (χ4v) is 4.30. The van der Waals surface area contributed by atoms with Crippen LogP contribution < -0.4 is 14.9 Å². The molecule has 0 atom stereocenters. The van der Waals surface area contributed by atoms with Gasteiger partial charge in [0.2, 0.25) is 0 Å². The molecule has 12 heteroatoms. The molecule has 0 aliphatic carbocycles. The minimum Gasteiger partial charge on any atom is -0.493 e. The predicted octanol–water partition coefficient (Wildman–Crippen LogP) is 4.88. The molecule has 0 fully saturated rings. The van der Waals surface area contributed by atoms with Crippen LogP contribution in [0.15, 0.2) is 83.1 Å². The molecule has 11 nitrogen and oxygen atoms in total. The van der Waals surface area contributed by atoms with Gasteiger partial charge < -0.3 is 9.47 Å². The van der Waals surface area contributed by atoms with Crippen molar-refractivity contribution in [2.75, 3.05) is 19.5 Å². The molecule has 4 aromatic rings. The fourth-order valence-electron chi connectivity index (χ4n) is 3.56. The zero-order valence-electron chi connectivity index (χ0n) is 21.3. The van der Waals surface area contributed by atoms with E-state index in [0.717, 1.165) is 17.7 Å². The number of non-ortho nitro benzene ring substituents is 1. The lowest BCUT2D eigenvalue weighted by molar-refractivity contribution is -0.384. The zero-order chi connectivity index (χ0) is 27.6. The number of carbonyl (C=O) groups excluding carboxylic acids is 1. The molecular formula is C27H26N6O5S. The highest BCUT2D eigenvalue weighted by atomic mass is 32.2. The minimum atomic E-state index is -0.460. The molecule has 0 saturated carbocycles. The number of hydrogen-bond acceptors (Lipinski definition) is 9. The van der Waals surface area contributed by atoms with Crippen molar-refractivity contribution < 1.29 is 19.2 Å². The second-order valence-corrected chi connectivity index (χ2v) is 9.07. The van der Waals surface area contributed by atoms with Crippen LogP contribution in [0.2, 0.25) is 0 Å². The first-order valence-corrected chi connectivity index (χ1v) is 13.0. The van der Waals surface area contributed by atoms with Crippen LogP contribution in [-0.4, -0.2) is 51.3 Å². The molecule has 39 heavy (non-hydrogen) atoms. The van der Waals surface area contributed by atoms with Gasteiger partial charge in [0, 0.05) is 23.4 Å². The topological polar surface area (TPSA) is 134 Å². The maximum absolute atomic E-state index is 12.5. The van der Waals surface area contributed by atoms with Crippen LogP contribution in [0.3, 0.4) is 0 Å². The second-order valence-electron chi connectivity index (χ2n) is 8.13. The summed E-state index contributed by atoms with van der Waals surface area (Å²) in [7, 11) is 1.56. The summed E-state index contributed by atoms with van der Waals surface area (Å²) in [6, 6.07) is 20.9. The highest BCUT2D eigenvalue weighted by Gasteiger charge is 2.19. The SMILES string of the molecule is CCCOc1ccc(/C=N/NC(=O)CSc2nnc(-c3cccc([N+](=O)[O-])c3)n2-c2ccccc2)cc1OC. The van der Waals surface area contributed by atoms with Gasteiger partial charge in [-0.2, -0.15) is 5.10 Å². The summed E-state index contributed by atoms with van der Waals surface area (Å²) in [5, 5.41) is 24.3. The third-order valence-electron chi connectivity index (χ3n) is 5.35. The van der Waals surface area contributed by atoms with E-state index in [1.807, 2.05) is 43.3 Å². The van der Waals surface area contributed by atoms with E-state index in [2.05, 4.69) is 20.7 Å². The summed E-state index contributed by atoms with van der Waals surface area (Å²) < 4.78 is 12.8. The van der Waals surface area contributed by atoms with E-state index in [1.54, 1.807) is 35.9 Å². The second kappa shape index (κ2) is 13.2. The lowest BCUT2D eigenvalue weighted by Gasteiger charge is -2.10. The van der Waals surface area contributed by atoms with Crippen LogP contribution in [0.25, 0.3) is 17.1 Å². The Bertz CT molecular complexity index is 1470. The quantitative estimate of drug-likeness (QED) is 0.115. The molecule has 0 unspecified atom stereocenters. The summed E-state index contributed by atoms with van der Waals surface area (Å²) in [6.07, 6.45) is 2.40. The van der Waals surface area contributed by atoms with E-state index in [1.165, 1.54) is 30.1 Å². The Morgan fingerprint density at radius 2 is 1.92 bits per heavy atom. The predicted molar refractivity (Wildman–Crippen MR) is 149 cm³/mol. The maximum Gasteiger partial charge on any atom is 0.270 e. The highest BCUT2D eigenvalue weighted by Crippen LogP contribution is 2.30. The van der Waals surface area contributed by atoms with Gasteiger partial charge in [0.1, 0.15) is 0 Å². The van der Waals surface area contributed by atoms with Crippen molar-refractivity contribution in [2.24, 2.45) is 5.10 Å². The molecule has 3 aromatic carbocycles. The number of thioether (sulfide) groups is 1. The Labute approximate surface area is 229 Å². The van der Waals surface area contributed by atoms with E-state index in [4.69, 9.17) is 9.47 Å². The van der Waals surface area contributed by atoms with E-state index in [0.29, 0.717) is 34.7 Å². The molecule has 1 aromatic heterocycles. The van der Waals surface area contributed by atoms with Gasteiger partial charge >= 0.3 is 0 Å². The van der Waals surface area contributed by atoms with Gasteiger partial charge in [0.25, 0.3) is 11.6 Å². The molecule has 0 aliphatic heterocycles. The van der Waals surface area contributed by atoms with Crippen molar-refractivity contribution >= 4 is 29.6 Å². The molecule has 1 amide bonds. The average Bonchev–Trinajstić information content (AvgIpc) is 3.40. The van der Waals surface area contributed by atoms with Gasteiger partial charge in [-0.15, -0.1) is 10.2 Å². The van der Waals surface area contributed by atoms with Gasteiger partial charge in [0.05, 0.1) is 30.6 Å². The number of nitrogens with one attached hydrogen (secondary N) is 1. The van der Waals surface area contributed by atoms with Gasteiger partial charge in [-0.1, -0.05) is 49.0 Å². The zero-order valence-corrected chi connectivity index (χ0v) is 22.1. The Hall–Kier alpha value is -4.71. The number of nitro groups is 1. The number of amides is 1. The van der Waals surface area contributed by atoms with Gasteiger partial charge in [-0.3, -0.25) is 19.5 Å². The number of para-hydroxylation sites is 1. The van der Waals surface area contributed by atoms with Crippen molar-refractivity contribution in [1.82, 2.24) is 20.2 Å². The normalized spacial score (nSPS) is 10.9. The summed E-state index contributed by atoms with van der Waals surface area (Å²) in [5.41, 5.74) is 4.47. The molecule has 0 spiro atoms. The summed E-state index contributed by atoms with van der Waals surface area (Å²) >= 11 is 1.17. The van der Waals surface area contributed by atoms with Gasteiger partial charge in [-0.05, 0) is 42.3 Å². The number of rotatable bonds is 12. The van der Waals surface area contributed by atoms with Crippen LogP contribution in [0.4, 0.5) is 5.69 Å². The van der Waals surface area contributed by atoms with E-state index in [9.17, 15) is 14.9 Å². The van der Waals surface area contributed by atoms with Crippen molar-refractivity contribution in [2.45, 2.75) is 18.5 Å². The van der Waals surface area contributed by atoms with Crippen molar-refractivity contribution in [3.05, 3.63) is 88.5 Å². The first-order valence-electron chi connectivity index (χ1n) is 12.0. The monoisotopic (exact) mass is 546 g/mol. The lowest BCUT2D eigenvalue weighted by Crippen LogP contribution is -2.20. The van der Waals surface area contributed by atoms with E-state index in [-0.39, 0.29) is 17.3 Å². The third-order valence-corrected chi connectivity index (χ3v) is 6.28. The molecule has 0 saturated heterocycles. The molecule has 0 bridgehead atoms. The van der Waals surface area contributed by atoms with Crippen LogP contribution in [0.1, 0.15) is 18.9 Å². The molecule has 1 heterocycles. The summed E-state index contributed by atoms with van der Waals surface area (Å²) in [4.78, 5) is 23.3. The standard InChI is InChI=1S/C27H26N6O5S/c1-3-14-38-23-13-12-19(15-24(23)37-2)17-28-29-25(34)18-39-27-31-30-26(32(27)21-9-5-4-6-10-21)20-8-7-11-22(16-20)33(35)36/h4-13,15-17H,3,14,18H2,1-2H3,(H,29,34)/b28-17+. The number of hydrogen-bond donors (Lipinski definition) is 1. The highest BCUT2D eigenvalue weighted by molar-refractivity contribution is 7.99. The molecule has 0 radical (unpaired) electrons. The Morgan fingerprint density at radius 3 is 2.67 bits per heavy atom. The molecule has 4 rings (SSSR count). The van der Waals surface area contributed by atoms with Crippen LogP contribution in [0.5, 0.6) is 11.5 Å². The van der Waals surface area contributed by atoms with E-state index < -0.39 is 4.92 Å². The number of ether oxygens (including phenoxy) is 2. The summed E-state index contributed by atoms with van der Waals surface area (Å²) in [6.45, 7) is 2.61. The number of benzene rings is 3. The van der Waals surface area contributed by atoms with Crippen molar-refractivity contribution in [1.29, 1.82) is 0 Å². The molecule has 1 N–H and O–H groups in total. The first-order chi connectivity index (χ1) is 19.0. The largest absolute Gasteiger partial charge is 0.493 e. The maximum atomic E-state index is 12.5. The number of nitrogens with zero attached hydrogens (tertiary/aromatic N) is 5. The van der Waals surface area contributed by atoms with Crippen LogP contribution >= 0.6 is 11.8 Å². The number of carbonyl (C=O) groups is 1. The summed E-state index contributed by atoms with van der Waals surface area (Å²) in [5.74, 6) is 1.32. The van der Waals surface area contributed by atoms with Crippen molar-refractivity contribution in [3.63, 3.8) is 0 Å². The molecule has 0 aliphatic rings. The number of aromatic nitrogens is 3. The van der Waals surface area contributed by atoms with Gasteiger partial charge in [-0.25, -0.2) is 5.43 Å². The minimum absolute atomic E-state index is 0.0182. The fraction of sp³-hybridized carbons (Fsp3) is 0.185. The van der Waals surface area contributed by atoms with Crippen LogP contribution in [0, 0.1) is 10.1 Å². The Morgan fingerprint density at radius 1 is 1.10 bits per heavy atom. The average molecular weight is 547 g/mol. The van der Waals surface area contributed by atoms with Crippen molar-refractivity contribution in [3.8, 4) is 28.6 Å². The molecular weight excluding hydrogens is 520 g/mol. The number of hydrazone groups is 1. The first kappa shape index (κ1) is 27.3. The number of methoxy groups -OCH3 is 1. The van der Waals surface area contributed by atoms with Gasteiger partial charge in [0.15, 0.2) is 22.5 Å². The lowest BCUT2D eigenvalue weighted by atomic mass is 10.2. The number of nitro benzene ring substituents is 1. The van der Waals surface area contributed by atoms with Crippen LogP contribution in [-0.2, 0) is 4.79 Å². The third kappa shape index (κ3) is 6.99. The Balaban J connectivity index is 1.46. The Kier molecular flexibility index (Phi) is 9.25.